The molecule has 1 amide bonds. The average molecular weight is 369 g/mol. The summed E-state index contributed by atoms with van der Waals surface area (Å²) in [5.41, 5.74) is 1.24. The van der Waals surface area contributed by atoms with Gasteiger partial charge in [0.1, 0.15) is 5.82 Å². The van der Waals surface area contributed by atoms with Gasteiger partial charge in [-0.25, -0.2) is 9.48 Å². The maximum absolute atomic E-state index is 12.9. The van der Waals surface area contributed by atoms with Crippen LogP contribution in [-0.4, -0.2) is 62.8 Å². The van der Waals surface area contributed by atoms with Gasteiger partial charge in [-0.05, 0) is 18.4 Å². The van der Waals surface area contributed by atoms with E-state index >= 15 is 0 Å². The van der Waals surface area contributed by atoms with Gasteiger partial charge in [0, 0.05) is 52.7 Å². The molecule has 7 heteroatoms. The van der Waals surface area contributed by atoms with E-state index in [1.807, 2.05) is 11.0 Å². The highest BCUT2D eigenvalue weighted by Gasteiger charge is 2.32. The number of hydrogen-bond donors (Lipinski definition) is 0. The Labute approximate surface area is 159 Å². The van der Waals surface area contributed by atoms with Crippen molar-refractivity contribution in [2.75, 3.05) is 32.7 Å². The van der Waals surface area contributed by atoms with E-state index in [2.05, 4.69) is 34.3 Å². The zero-order valence-electron chi connectivity index (χ0n) is 15.9. The Hall–Kier alpha value is -2.41. The van der Waals surface area contributed by atoms with Gasteiger partial charge in [0.25, 0.3) is 0 Å². The quantitative estimate of drug-likeness (QED) is 0.789. The first-order chi connectivity index (χ1) is 13.1. The molecule has 144 valence electrons. The zero-order valence-corrected chi connectivity index (χ0v) is 15.9. The standard InChI is InChI=1S/C20H27N5O2/c1-22-20(27)25-15-17(7-8-18(25)21-22)19(26)24-13-11-23(12-14-24)10-9-16-5-3-2-4-6-16/h2-6,17H,7-15H2,1H3/t17-/m1/s1. The van der Waals surface area contributed by atoms with Crippen LogP contribution in [0.3, 0.4) is 0 Å². The molecule has 0 N–H and O–H groups in total. The number of amides is 1. The van der Waals surface area contributed by atoms with Crippen LogP contribution >= 0.6 is 0 Å². The van der Waals surface area contributed by atoms with Crippen molar-refractivity contribution >= 4 is 5.91 Å². The molecule has 0 unspecified atom stereocenters. The fourth-order valence-electron chi connectivity index (χ4n) is 4.12. The molecular formula is C20H27N5O2. The Morgan fingerprint density at radius 1 is 1.15 bits per heavy atom. The van der Waals surface area contributed by atoms with Crippen LogP contribution in [0.2, 0.25) is 0 Å². The topological polar surface area (TPSA) is 63.4 Å². The molecular weight excluding hydrogens is 342 g/mol. The van der Waals surface area contributed by atoms with Crippen LogP contribution in [0.1, 0.15) is 17.8 Å². The van der Waals surface area contributed by atoms with Gasteiger partial charge < -0.3 is 4.90 Å². The molecule has 1 atom stereocenters. The third-order valence-corrected chi connectivity index (χ3v) is 5.80. The smallest absolute Gasteiger partial charge is 0.340 e. The SMILES string of the molecule is Cn1nc2n(c1=O)C[C@H](C(=O)N1CCN(CCc3ccccc3)CC1)CC2. The van der Waals surface area contributed by atoms with E-state index < -0.39 is 0 Å². The normalized spacial score (nSPS) is 20.5. The van der Waals surface area contributed by atoms with Gasteiger partial charge in [0.05, 0.1) is 5.92 Å². The summed E-state index contributed by atoms with van der Waals surface area (Å²) in [4.78, 5) is 29.5. The second-order valence-electron chi connectivity index (χ2n) is 7.57. The second-order valence-corrected chi connectivity index (χ2v) is 7.57. The predicted molar refractivity (Wildman–Crippen MR) is 102 cm³/mol. The number of carbonyl (C=O) groups excluding carboxylic acids is 1. The summed E-state index contributed by atoms with van der Waals surface area (Å²) in [6, 6.07) is 10.5. The number of aromatic nitrogens is 3. The lowest BCUT2D eigenvalue weighted by molar-refractivity contribution is -0.138. The van der Waals surface area contributed by atoms with Gasteiger partial charge in [-0.2, -0.15) is 5.10 Å². The van der Waals surface area contributed by atoms with Crippen LogP contribution in [0.15, 0.2) is 35.1 Å². The van der Waals surface area contributed by atoms with E-state index in [0.29, 0.717) is 13.0 Å². The molecule has 1 fully saturated rings. The molecule has 0 aliphatic carbocycles. The summed E-state index contributed by atoms with van der Waals surface area (Å²) in [7, 11) is 1.67. The van der Waals surface area contributed by atoms with E-state index in [-0.39, 0.29) is 17.5 Å². The molecule has 0 bridgehead atoms. The summed E-state index contributed by atoms with van der Waals surface area (Å²) in [6.45, 7) is 4.89. The van der Waals surface area contributed by atoms with Crippen molar-refractivity contribution in [1.82, 2.24) is 24.1 Å². The number of carbonyl (C=O) groups is 1. The molecule has 0 spiro atoms. The first kappa shape index (κ1) is 18.0. The maximum atomic E-state index is 12.9. The van der Waals surface area contributed by atoms with Crippen LogP contribution in [0.25, 0.3) is 0 Å². The number of piperazine rings is 1. The Bertz CT molecular complexity index is 849. The molecule has 2 aliphatic heterocycles. The first-order valence-corrected chi connectivity index (χ1v) is 9.79. The maximum Gasteiger partial charge on any atom is 0.345 e. The lowest BCUT2D eigenvalue weighted by Gasteiger charge is -2.37. The van der Waals surface area contributed by atoms with E-state index in [4.69, 9.17) is 0 Å². The van der Waals surface area contributed by atoms with E-state index in [1.54, 1.807) is 11.6 Å². The highest BCUT2D eigenvalue weighted by Crippen LogP contribution is 2.20. The number of benzene rings is 1. The molecule has 1 saturated heterocycles. The van der Waals surface area contributed by atoms with Crippen LogP contribution in [0.5, 0.6) is 0 Å². The van der Waals surface area contributed by atoms with Crippen molar-refractivity contribution < 1.29 is 4.79 Å². The van der Waals surface area contributed by atoms with Gasteiger partial charge in [-0.1, -0.05) is 30.3 Å². The van der Waals surface area contributed by atoms with E-state index in [9.17, 15) is 9.59 Å². The van der Waals surface area contributed by atoms with Crippen molar-refractivity contribution in [3.8, 4) is 0 Å². The summed E-state index contributed by atoms with van der Waals surface area (Å²) >= 11 is 0. The summed E-state index contributed by atoms with van der Waals surface area (Å²) < 4.78 is 3.04. The average Bonchev–Trinajstić information content (AvgIpc) is 3.00. The van der Waals surface area contributed by atoms with Crippen LogP contribution < -0.4 is 5.69 Å². The summed E-state index contributed by atoms with van der Waals surface area (Å²) in [5, 5.41) is 4.25. The molecule has 27 heavy (non-hydrogen) atoms. The Balaban J connectivity index is 1.29. The van der Waals surface area contributed by atoms with Gasteiger partial charge in [0.2, 0.25) is 5.91 Å². The Morgan fingerprint density at radius 2 is 1.89 bits per heavy atom. The molecule has 2 aliphatic rings. The third-order valence-electron chi connectivity index (χ3n) is 5.80. The summed E-state index contributed by atoms with van der Waals surface area (Å²) in [6.07, 6.45) is 2.52. The van der Waals surface area contributed by atoms with E-state index in [0.717, 1.165) is 51.4 Å². The van der Waals surface area contributed by atoms with Crippen molar-refractivity contribution in [3.63, 3.8) is 0 Å². The van der Waals surface area contributed by atoms with Crippen molar-refractivity contribution in [2.45, 2.75) is 25.8 Å². The number of hydrogen-bond acceptors (Lipinski definition) is 4. The minimum Gasteiger partial charge on any atom is -0.340 e. The molecule has 3 heterocycles. The molecule has 7 nitrogen and oxygen atoms in total. The number of fused-ring (bicyclic) bond motifs is 1. The van der Waals surface area contributed by atoms with Gasteiger partial charge in [-0.3, -0.25) is 14.3 Å². The van der Waals surface area contributed by atoms with Crippen molar-refractivity contribution in [1.29, 1.82) is 0 Å². The molecule has 0 saturated carbocycles. The van der Waals surface area contributed by atoms with Gasteiger partial charge in [-0.15, -0.1) is 0 Å². The largest absolute Gasteiger partial charge is 0.345 e. The molecule has 0 radical (unpaired) electrons. The lowest BCUT2D eigenvalue weighted by atomic mass is 9.97. The fraction of sp³-hybridized carbons (Fsp3) is 0.550. The van der Waals surface area contributed by atoms with Gasteiger partial charge in [0.15, 0.2) is 0 Å². The monoisotopic (exact) mass is 369 g/mol. The lowest BCUT2D eigenvalue weighted by Crippen LogP contribution is -2.51. The van der Waals surface area contributed by atoms with Crippen LogP contribution in [0, 0.1) is 5.92 Å². The van der Waals surface area contributed by atoms with Crippen molar-refractivity contribution in [2.24, 2.45) is 13.0 Å². The molecule has 1 aromatic carbocycles. The summed E-state index contributed by atoms with van der Waals surface area (Å²) in [5.74, 6) is 0.895. The third kappa shape index (κ3) is 3.83. The number of nitrogens with zero attached hydrogens (tertiary/aromatic N) is 5. The number of aryl methyl sites for hydroxylation is 2. The second kappa shape index (κ2) is 7.68. The molecule has 2 aromatic rings. The molecule has 1 aromatic heterocycles. The van der Waals surface area contributed by atoms with Crippen molar-refractivity contribution in [3.05, 3.63) is 52.2 Å². The van der Waals surface area contributed by atoms with Crippen LogP contribution in [-0.2, 0) is 31.2 Å². The minimum absolute atomic E-state index is 0.102. The van der Waals surface area contributed by atoms with Crippen LogP contribution in [0.4, 0.5) is 0 Å². The highest BCUT2D eigenvalue weighted by atomic mass is 16.2. The fourth-order valence-corrected chi connectivity index (χ4v) is 4.12. The predicted octanol–water partition coefficient (Wildman–Crippen LogP) is 0.531. The molecule has 4 rings (SSSR count). The minimum atomic E-state index is -0.117. The Kier molecular flexibility index (Phi) is 5.11. The number of rotatable bonds is 4. The first-order valence-electron chi connectivity index (χ1n) is 9.79. The van der Waals surface area contributed by atoms with Gasteiger partial charge >= 0.3 is 5.69 Å². The zero-order chi connectivity index (χ0) is 18.8. The van der Waals surface area contributed by atoms with E-state index in [1.165, 1.54) is 10.2 Å². The Morgan fingerprint density at radius 3 is 2.63 bits per heavy atom. The highest BCUT2D eigenvalue weighted by molar-refractivity contribution is 5.79.